The van der Waals surface area contributed by atoms with Gasteiger partial charge in [0.25, 0.3) is 0 Å². The highest BCUT2D eigenvalue weighted by Gasteiger charge is 2.16. The van der Waals surface area contributed by atoms with Gasteiger partial charge in [-0.25, -0.2) is 0 Å². The number of hydrogen-bond donors (Lipinski definition) is 2. The molecule has 1 atom stereocenters. The summed E-state index contributed by atoms with van der Waals surface area (Å²) in [5.74, 6) is -0.0123. The molecule has 0 radical (unpaired) electrons. The van der Waals surface area contributed by atoms with Crippen molar-refractivity contribution in [2.24, 2.45) is 7.05 Å². The van der Waals surface area contributed by atoms with Crippen LogP contribution in [0.2, 0.25) is 0 Å². The molecule has 1 aliphatic heterocycles. The van der Waals surface area contributed by atoms with Crippen LogP contribution in [-0.2, 0) is 16.6 Å². The van der Waals surface area contributed by atoms with Crippen LogP contribution in [0.5, 0.6) is 0 Å². The lowest BCUT2D eigenvalue weighted by molar-refractivity contribution is -0.117. The minimum absolute atomic E-state index is 0. The molecule has 0 bridgehead atoms. The maximum absolute atomic E-state index is 12.0. The van der Waals surface area contributed by atoms with Crippen LogP contribution in [0.15, 0.2) is 40.6 Å². The van der Waals surface area contributed by atoms with Crippen LogP contribution < -0.4 is 10.6 Å². The Morgan fingerprint density at radius 2 is 2.25 bits per heavy atom. The van der Waals surface area contributed by atoms with E-state index in [4.69, 9.17) is 4.74 Å². The van der Waals surface area contributed by atoms with E-state index in [1.807, 2.05) is 35.9 Å². The molecule has 2 heterocycles. The summed E-state index contributed by atoms with van der Waals surface area (Å²) in [5, 5.41) is 14.9. The minimum Gasteiger partial charge on any atom is -0.378 e. The summed E-state index contributed by atoms with van der Waals surface area (Å²) in [6.45, 7) is 2.09. The Morgan fingerprint density at radius 1 is 1.46 bits per heavy atom. The summed E-state index contributed by atoms with van der Waals surface area (Å²) in [6, 6.07) is 7.78. The molecule has 0 spiro atoms. The number of nitrogens with one attached hydrogen (secondary N) is 2. The summed E-state index contributed by atoms with van der Waals surface area (Å²) >= 11 is 1.53. The van der Waals surface area contributed by atoms with E-state index < -0.39 is 0 Å². The molecule has 1 saturated heterocycles. The molecular weight excluding hydrogens is 350 g/mol. The van der Waals surface area contributed by atoms with E-state index in [2.05, 4.69) is 20.8 Å². The lowest BCUT2D eigenvalue weighted by Gasteiger charge is -2.23. The van der Waals surface area contributed by atoms with Gasteiger partial charge in [0.2, 0.25) is 5.91 Å². The summed E-state index contributed by atoms with van der Waals surface area (Å²) in [6.07, 6.45) is 2.08. The Morgan fingerprint density at radius 3 is 2.88 bits per heavy atom. The van der Waals surface area contributed by atoms with Gasteiger partial charge in [-0.1, -0.05) is 0 Å². The van der Waals surface area contributed by atoms with Gasteiger partial charge in [-0.3, -0.25) is 4.79 Å². The van der Waals surface area contributed by atoms with E-state index in [9.17, 15) is 4.79 Å². The van der Waals surface area contributed by atoms with E-state index in [1.54, 1.807) is 6.33 Å². The molecule has 130 valence electrons. The fourth-order valence-electron chi connectivity index (χ4n) is 2.26. The quantitative estimate of drug-likeness (QED) is 0.835. The first-order chi connectivity index (χ1) is 11.2. The number of carbonyl (C=O) groups is 1. The molecule has 1 unspecified atom stereocenters. The molecule has 2 aromatic rings. The highest BCUT2D eigenvalue weighted by molar-refractivity contribution is 7.99. The van der Waals surface area contributed by atoms with Crippen molar-refractivity contribution < 1.29 is 9.53 Å². The number of hydrogen-bond acceptors (Lipinski definition) is 6. The Hall–Kier alpha value is -1.61. The number of halogens is 1. The van der Waals surface area contributed by atoms with Gasteiger partial charge in [0, 0.05) is 36.6 Å². The van der Waals surface area contributed by atoms with Gasteiger partial charge in [-0.2, -0.15) is 0 Å². The smallest absolute Gasteiger partial charge is 0.226 e. The molecule has 1 amide bonds. The second-order valence-electron chi connectivity index (χ2n) is 5.33. The zero-order valence-corrected chi connectivity index (χ0v) is 14.9. The van der Waals surface area contributed by atoms with Crippen LogP contribution in [0.25, 0.3) is 0 Å². The van der Waals surface area contributed by atoms with Gasteiger partial charge in [0.15, 0.2) is 5.16 Å². The van der Waals surface area contributed by atoms with Crippen molar-refractivity contribution in [2.75, 3.05) is 25.1 Å². The van der Waals surface area contributed by atoms with Crippen LogP contribution in [0.4, 0.5) is 5.69 Å². The molecule has 2 N–H and O–H groups in total. The average Bonchev–Trinajstić information content (AvgIpc) is 2.95. The van der Waals surface area contributed by atoms with Crippen molar-refractivity contribution >= 4 is 35.8 Å². The standard InChI is InChI=1S/C15H19N5O2S.ClH/c1-20-10-17-19-15(20)23-13-4-2-11(3-5-13)18-14(21)8-12-9-22-7-6-16-12;/h2-5,10,12,16H,6-9H2,1H3,(H,18,21);1H. The zero-order valence-electron chi connectivity index (χ0n) is 13.3. The number of ether oxygens (including phenoxy) is 1. The van der Waals surface area contributed by atoms with Gasteiger partial charge in [-0.05, 0) is 36.0 Å². The van der Waals surface area contributed by atoms with E-state index in [-0.39, 0.29) is 24.4 Å². The van der Waals surface area contributed by atoms with E-state index in [0.29, 0.717) is 19.6 Å². The van der Waals surface area contributed by atoms with Crippen LogP contribution in [0.1, 0.15) is 6.42 Å². The fourth-order valence-corrected chi connectivity index (χ4v) is 3.03. The third kappa shape index (κ3) is 5.20. The molecular formula is C15H20ClN5O2S. The molecule has 7 nitrogen and oxygen atoms in total. The van der Waals surface area contributed by atoms with Gasteiger partial charge in [0.1, 0.15) is 6.33 Å². The molecule has 24 heavy (non-hydrogen) atoms. The normalized spacial score (nSPS) is 17.1. The van der Waals surface area contributed by atoms with Crippen molar-refractivity contribution in [3.8, 4) is 0 Å². The van der Waals surface area contributed by atoms with Crippen LogP contribution in [-0.4, -0.2) is 46.5 Å². The third-order valence-corrected chi connectivity index (χ3v) is 4.51. The summed E-state index contributed by atoms with van der Waals surface area (Å²) in [5.41, 5.74) is 0.786. The van der Waals surface area contributed by atoms with Gasteiger partial charge in [-0.15, -0.1) is 22.6 Å². The van der Waals surface area contributed by atoms with Crippen molar-refractivity contribution in [1.82, 2.24) is 20.1 Å². The molecule has 9 heteroatoms. The van der Waals surface area contributed by atoms with Crippen LogP contribution in [0.3, 0.4) is 0 Å². The van der Waals surface area contributed by atoms with E-state index in [1.165, 1.54) is 11.8 Å². The predicted molar refractivity (Wildman–Crippen MR) is 94.7 cm³/mol. The summed E-state index contributed by atoms with van der Waals surface area (Å²) < 4.78 is 7.21. The lowest BCUT2D eigenvalue weighted by atomic mass is 10.2. The van der Waals surface area contributed by atoms with Crippen LogP contribution >= 0.6 is 24.2 Å². The molecule has 1 fully saturated rings. The second kappa shape index (κ2) is 9.03. The molecule has 0 aliphatic carbocycles. The Balaban J connectivity index is 0.00000208. The number of nitrogens with zero attached hydrogens (tertiary/aromatic N) is 3. The first-order valence-electron chi connectivity index (χ1n) is 7.43. The lowest BCUT2D eigenvalue weighted by Crippen LogP contribution is -2.43. The highest BCUT2D eigenvalue weighted by atomic mass is 35.5. The SMILES string of the molecule is Cl.Cn1cnnc1Sc1ccc(NC(=O)CC2COCCN2)cc1. The monoisotopic (exact) mass is 369 g/mol. The Bertz CT molecular complexity index is 658. The number of benzene rings is 1. The third-order valence-electron chi connectivity index (χ3n) is 3.45. The number of aromatic nitrogens is 3. The Labute approximate surface area is 151 Å². The van der Waals surface area contributed by atoms with E-state index >= 15 is 0 Å². The maximum Gasteiger partial charge on any atom is 0.226 e. The molecule has 0 saturated carbocycles. The number of anilines is 1. The first kappa shape index (κ1) is 18.7. The topological polar surface area (TPSA) is 81.1 Å². The van der Waals surface area contributed by atoms with Crippen molar-refractivity contribution in [3.63, 3.8) is 0 Å². The Kier molecular flexibility index (Phi) is 7.04. The van der Waals surface area contributed by atoms with E-state index in [0.717, 1.165) is 22.3 Å². The first-order valence-corrected chi connectivity index (χ1v) is 8.25. The van der Waals surface area contributed by atoms with Gasteiger partial charge in [0.05, 0.1) is 13.2 Å². The number of rotatable bonds is 5. The summed E-state index contributed by atoms with van der Waals surface area (Å²) in [7, 11) is 1.90. The molecule has 1 aliphatic rings. The number of aryl methyl sites for hydroxylation is 1. The van der Waals surface area contributed by atoms with Crippen molar-refractivity contribution in [1.29, 1.82) is 0 Å². The zero-order chi connectivity index (χ0) is 16.1. The predicted octanol–water partition coefficient (Wildman–Crippen LogP) is 1.71. The summed E-state index contributed by atoms with van der Waals surface area (Å²) in [4.78, 5) is 13.1. The maximum atomic E-state index is 12.0. The van der Waals surface area contributed by atoms with Crippen molar-refractivity contribution in [2.45, 2.75) is 22.5 Å². The minimum atomic E-state index is -0.0123. The fraction of sp³-hybridized carbons (Fsp3) is 0.400. The largest absolute Gasteiger partial charge is 0.378 e. The van der Waals surface area contributed by atoms with Crippen molar-refractivity contribution in [3.05, 3.63) is 30.6 Å². The molecule has 1 aromatic carbocycles. The molecule has 3 rings (SSSR count). The van der Waals surface area contributed by atoms with Crippen LogP contribution in [0, 0.1) is 0 Å². The number of amides is 1. The number of carbonyl (C=O) groups excluding carboxylic acids is 1. The van der Waals surface area contributed by atoms with Gasteiger partial charge >= 0.3 is 0 Å². The highest BCUT2D eigenvalue weighted by Crippen LogP contribution is 2.26. The van der Waals surface area contributed by atoms with Gasteiger partial charge < -0.3 is 19.9 Å². The second-order valence-corrected chi connectivity index (χ2v) is 6.37. The number of morpholine rings is 1. The average molecular weight is 370 g/mol. The molecule has 1 aromatic heterocycles.